The number of hydrogen-bond donors (Lipinski definition) is 1. The lowest BCUT2D eigenvalue weighted by atomic mass is 9.93. The predicted octanol–water partition coefficient (Wildman–Crippen LogP) is 4.93. The van der Waals surface area contributed by atoms with Gasteiger partial charge >= 0.3 is 0 Å². The zero-order valence-corrected chi connectivity index (χ0v) is 13.1. The molecule has 0 radical (unpaired) electrons. The normalized spacial score (nSPS) is 12.5. The maximum absolute atomic E-state index is 14.3. The van der Waals surface area contributed by atoms with Crippen molar-refractivity contribution in [3.8, 4) is 0 Å². The smallest absolute Gasteiger partial charge is 0.128 e. The number of benzene rings is 2. The van der Waals surface area contributed by atoms with E-state index in [0.29, 0.717) is 22.7 Å². The van der Waals surface area contributed by atoms with Crippen LogP contribution in [0.3, 0.4) is 0 Å². The zero-order valence-electron chi connectivity index (χ0n) is 12.3. The van der Waals surface area contributed by atoms with Crippen molar-refractivity contribution < 1.29 is 8.78 Å². The van der Waals surface area contributed by atoms with Crippen molar-refractivity contribution in [1.82, 2.24) is 5.32 Å². The third kappa shape index (κ3) is 3.42. The summed E-state index contributed by atoms with van der Waals surface area (Å²) in [4.78, 5) is 0. The molecule has 0 heterocycles. The molecule has 0 aliphatic rings. The first-order valence-corrected chi connectivity index (χ1v) is 7.26. The van der Waals surface area contributed by atoms with E-state index < -0.39 is 17.7 Å². The molecule has 1 atom stereocenters. The summed E-state index contributed by atoms with van der Waals surface area (Å²) in [5.74, 6) is -0.826. The first kappa shape index (κ1) is 15.9. The van der Waals surface area contributed by atoms with Gasteiger partial charge in [0.2, 0.25) is 0 Å². The lowest BCUT2D eigenvalue weighted by Gasteiger charge is -2.22. The van der Waals surface area contributed by atoms with Gasteiger partial charge in [-0.05, 0) is 61.3 Å². The first-order valence-electron chi connectivity index (χ1n) is 6.89. The highest BCUT2D eigenvalue weighted by atomic mass is 35.5. The molecule has 2 aromatic rings. The van der Waals surface area contributed by atoms with E-state index in [1.165, 1.54) is 12.1 Å². The summed E-state index contributed by atoms with van der Waals surface area (Å²) in [5.41, 5.74) is 2.43. The van der Waals surface area contributed by atoms with Crippen molar-refractivity contribution in [2.75, 3.05) is 6.54 Å². The summed E-state index contributed by atoms with van der Waals surface area (Å²) in [6.45, 7) is 6.04. The van der Waals surface area contributed by atoms with Gasteiger partial charge in [0.15, 0.2) is 0 Å². The Hall–Kier alpha value is -1.45. The van der Waals surface area contributed by atoms with E-state index in [-0.39, 0.29) is 0 Å². The maximum Gasteiger partial charge on any atom is 0.128 e. The van der Waals surface area contributed by atoms with Gasteiger partial charge in [0.05, 0.1) is 6.04 Å². The van der Waals surface area contributed by atoms with Gasteiger partial charge in [0.1, 0.15) is 11.6 Å². The molecule has 2 rings (SSSR count). The summed E-state index contributed by atoms with van der Waals surface area (Å²) in [5, 5.41) is 3.78. The van der Waals surface area contributed by atoms with E-state index in [4.69, 9.17) is 11.6 Å². The van der Waals surface area contributed by atoms with Gasteiger partial charge in [-0.25, -0.2) is 8.78 Å². The van der Waals surface area contributed by atoms with Gasteiger partial charge in [-0.1, -0.05) is 24.6 Å². The van der Waals surface area contributed by atoms with Crippen LogP contribution in [0.4, 0.5) is 8.78 Å². The molecule has 1 unspecified atom stereocenters. The standard InChI is InChI=1S/C17H18ClF2N/c1-4-21-17(13-8-12(18)6-5-10(13)2)14-9-15(19)11(3)7-16(14)20/h5-9,17,21H,4H2,1-3H3. The first-order chi connectivity index (χ1) is 9.93. The fourth-order valence-corrected chi connectivity index (χ4v) is 2.58. The molecule has 0 saturated carbocycles. The highest BCUT2D eigenvalue weighted by Crippen LogP contribution is 2.30. The SMILES string of the molecule is CCNC(c1cc(Cl)ccc1C)c1cc(F)c(C)cc1F. The summed E-state index contributed by atoms with van der Waals surface area (Å²) in [6, 6.07) is 7.53. The Bertz CT molecular complexity index is 655. The minimum absolute atomic E-state index is 0.297. The third-order valence-electron chi connectivity index (χ3n) is 3.55. The largest absolute Gasteiger partial charge is 0.306 e. The van der Waals surface area contributed by atoms with Crippen molar-refractivity contribution in [3.63, 3.8) is 0 Å². The minimum Gasteiger partial charge on any atom is -0.306 e. The molecule has 2 aromatic carbocycles. The number of aryl methyl sites for hydroxylation is 2. The van der Waals surface area contributed by atoms with Crippen LogP contribution in [0.1, 0.15) is 35.2 Å². The Morgan fingerprint density at radius 2 is 1.71 bits per heavy atom. The van der Waals surface area contributed by atoms with Crippen molar-refractivity contribution in [3.05, 3.63) is 69.2 Å². The van der Waals surface area contributed by atoms with Crippen LogP contribution in [-0.4, -0.2) is 6.54 Å². The van der Waals surface area contributed by atoms with Crippen LogP contribution in [0.25, 0.3) is 0 Å². The summed E-state index contributed by atoms with van der Waals surface area (Å²) >= 11 is 6.05. The Balaban J connectivity index is 2.58. The molecular formula is C17H18ClF2N. The highest BCUT2D eigenvalue weighted by Gasteiger charge is 2.20. The number of rotatable bonds is 4. The van der Waals surface area contributed by atoms with Crippen LogP contribution in [0.2, 0.25) is 5.02 Å². The summed E-state index contributed by atoms with van der Waals surface area (Å²) < 4.78 is 28.1. The topological polar surface area (TPSA) is 12.0 Å². The van der Waals surface area contributed by atoms with Crippen molar-refractivity contribution in [2.24, 2.45) is 0 Å². The molecule has 0 aliphatic carbocycles. The average molecular weight is 310 g/mol. The van der Waals surface area contributed by atoms with E-state index in [9.17, 15) is 8.78 Å². The van der Waals surface area contributed by atoms with E-state index in [0.717, 1.165) is 11.1 Å². The van der Waals surface area contributed by atoms with Gasteiger partial charge < -0.3 is 5.32 Å². The molecule has 1 nitrogen and oxygen atoms in total. The van der Waals surface area contributed by atoms with Gasteiger partial charge in [-0.2, -0.15) is 0 Å². The molecule has 4 heteroatoms. The second-order valence-electron chi connectivity index (χ2n) is 5.11. The van der Waals surface area contributed by atoms with Crippen molar-refractivity contribution in [1.29, 1.82) is 0 Å². The molecule has 0 amide bonds. The molecule has 1 N–H and O–H groups in total. The van der Waals surface area contributed by atoms with E-state index in [1.807, 2.05) is 19.9 Å². The highest BCUT2D eigenvalue weighted by molar-refractivity contribution is 6.30. The monoisotopic (exact) mass is 309 g/mol. The van der Waals surface area contributed by atoms with Gasteiger partial charge in [0.25, 0.3) is 0 Å². The number of nitrogens with one attached hydrogen (secondary N) is 1. The summed E-state index contributed by atoms with van der Waals surface area (Å²) in [7, 11) is 0. The lowest BCUT2D eigenvalue weighted by Crippen LogP contribution is -2.24. The molecule has 0 saturated heterocycles. The van der Waals surface area contributed by atoms with Gasteiger partial charge in [-0.3, -0.25) is 0 Å². The van der Waals surface area contributed by atoms with Crippen LogP contribution in [0, 0.1) is 25.5 Å². The molecule has 0 spiro atoms. The quantitative estimate of drug-likeness (QED) is 0.844. The van der Waals surface area contributed by atoms with Crippen LogP contribution in [-0.2, 0) is 0 Å². The van der Waals surface area contributed by atoms with Crippen LogP contribution < -0.4 is 5.32 Å². The van der Waals surface area contributed by atoms with Gasteiger partial charge in [-0.15, -0.1) is 0 Å². The Morgan fingerprint density at radius 3 is 2.38 bits per heavy atom. The van der Waals surface area contributed by atoms with Crippen molar-refractivity contribution in [2.45, 2.75) is 26.8 Å². The second-order valence-corrected chi connectivity index (χ2v) is 5.55. The molecule has 0 fully saturated rings. The lowest BCUT2D eigenvalue weighted by molar-refractivity contribution is 0.540. The van der Waals surface area contributed by atoms with Crippen LogP contribution >= 0.6 is 11.6 Å². The fraction of sp³-hybridized carbons (Fsp3) is 0.294. The van der Waals surface area contributed by atoms with Crippen LogP contribution in [0.15, 0.2) is 30.3 Å². The van der Waals surface area contributed by atoms with Crippen LogP contribution in [0.5, 0.6) is 0 Å². The predicted molar refractivity (Wildman–Crippen MR) is 82.8 cm³/mol. The summed E-state index contributed by atoms with van der Waals surface area (Å²) in [6.07, 6.45) is 0. The minimum atomic E-state index is -0.427. The molecule has 0 aromatic heterocycles. The molecule has 0 bridgehead atoms. The Morgan fingerprint density at radius 1 is 1.00 bits per heavy atom. The molecular weight excluding hydrogens is 292 g/mol. The number of halogens is 3. The zero-order chi connectivity index (χ0) is 15.6. The Labute approximate surface area is 128 Å². The Kier molecular flexibility index (Phi) is 4.96. The molecule has 21 heavy (non-hydrogen) atoms. The van der Waals surface area contributed by atoms with Gasteiger partial charge in [0, 0.05) is 10.6 Å². The van der Waals surface area contributed by atoms with Crippen molar-refractivity contribution >= 4 is 11.6 Å². The average Bonchev–Trinajstić information content (AvgIpc) is 2.43. The maximum atomic E-state index is 14.3. The number of hydrogen-bond acceptors (Lipinski definition) is 1. The second kappa shape index (κ2) is 6.54. The van der Waals surface area contributed by atoms with E-state index in [1.54, 1.807) is 19.1 Å². The third-order valence-corrected chi connectivity index (χ3v) is 3.78. The molecule has 112 valence electrons. The molecule has 0 aliphatic heterocycles. The van der Waals surface area contributed by atoms with E-state index in [2.05, 4.69) is 5.32 Å². The van der Waals surface area contributed by atoms with E-state index >= 15 is 0 Å². The fourth-order valence-electron chi connectivity index (χ4n) is 2.40.